The van der Waals surface area contributed by atoms with Crippen LogP contribution in [0.1, 0.15) is 111 Å². The first kappa shape index (κ1) is 35.2. The number of nitrogens with zero attached hydrogens (tertiary/aromatic N) is 1. The van der Waals surface area contributed by atoms with Gasteiger partial charge in [0.2, 0.25) is 0 Å². The Balaban J connectivity index is 1.66. The van der Waals surface area contributed by atoms with Gasteiger partial charge in [-0.15, -0.1) is 11.3 Å². The summed E-state index contributed by atoms with van der Waals surface area (Å²) in [6.07, 6.45) is 1.56. The van der Waals surface area contributed by atoms with Crippen molar-refractivity contribution in [3.05, 3.63) is 28.8 Å². The minimum Gasteiger partial charge on any atom is -0.457 e. The van der Waals surface area contributed by atoms with Crippen molar-refractivity contribution in [2.24, 2.45) is 17.3 Å². The van der Waals surface area contributed by atoms with Gasteiger partial charge in [-0.3, -0.25) is 9.59 Å². The molecule has 2 fully saturated rings. The average molecular weight is 646 g/mol. The van der Waals surface area contributed by atoms with Crippen LogP contribution in [0.15, 0.2) is 18.2 Å². The molecule has 9 heteroatoms. The molecule has 2 aliphatic rings. The summed E-state index contributed by atoms with van der Waals surface area (Å²) in [5.74, 6) is -0.829. The second-order valence-corrected chi connectivity index (χ2v) is 21.6. The number of aliphatic hydroxyl groups excluding tert-OH is 1. The Morgan fingerprint density at radius 1 is 1.18 bits per heavy atom. The van der Waals surface area contributed by atoms with Gasteiger partial charge in [-0.25, -0.2) is 4.98 Å². The lowest BCUT2D eigenvalue weighted by Crippen LogP contribution is -2.52. The van der Waals surface area contributed by atoms with Crippen LogP contribution in [-0.2, 0) is 23.5 Å². The van der Waals surface area contributed by atoms with Crippen LogP contribution < -0.4 is 0 Å². The molecule has 3 heterocycles. The Morgan fingerprint density at radius 2 is 1.86 bits per heavy atom. The SMILES string of the molecule is CCC1C(=O)C(C)(C)[C@@H](O)CC(=O)O[C@H](c2ccc3sc(C)nc3c2)C[C@@H]2O[C@]2(C)CCC[C@H](C)C1O[Si](C)(C)C(C)(C)C. The zero-order valence-electron chi connectivity index (χ0n) is 28.8. The monoisotopic (exact) mass is 645 g/mol. The zero-order valence-corrected chi connectivity index (χ0v) is 30.6. The molecule has 7 atom stereocenters. The van der Waals surface area contributed by atoms with Crippen molar-refractivity contribution in [3.63, 3.8) is 0 Å². The van der Waals surface area contributed by atoms with Gasteiger partial charge in [0.05, 0.1) is 51.0 Å². The molecule has 1 aromatic heterocycles. The van der Waals surface area contributed by atoms with Crippen molar-refractivity contribution in [1.29, 1.82) is 0 Å². The van der Waals surface area contributed by atoms with E-state index < -0.39 is 37.8 Å². The standard InChI is InChI=1S/C35H55NO6SSi/c1-12-24-31(42-44(10,11)33(4,5)6)21(2)14-13-17-35(9)29(41-35)19-26(23-15-16-27-25(18-23)36-22(3)43-27)40-30(38)20-28(37)34(7,8)32(24)39/h15-16,18,21,24,26,28-29,31,37H,12-14,17,19-20H2,1-11H3/t21-,24?,26-,28-,29-,31?,35+/m0/s1. The van der Waals surface area contributed by atoms with Crippen molar-refractivity contribution in [1.82, 2.24) is 4.98 Å². The maximum atomic E-state index is 14.3. The number of ketones is 1. The molecule has 2 saturated heterocycles. The first-order valence-electron chi connectivity index (χ1n) is 16.4. The third-order valence-electron chi connectivity index (χ3n) is 10.8. The highest BCUT2D eigenvalue weighted by Gasteiger charge is 2.53. The number of carbonyl (C=O) groups excluding carboxylic acids is 2. The van der Waals surface area contributed by atoms with E-state index >= 15 is 0 Å². The Hall–Kier alpha value is -1.65. The van der Waals surface area contributed by atoms with E-state index in [9.17, 15) is 14.7 Å². The Labute approximate surface area is 269 Å². The predicted molar refractivity (Wildman–Crippen MR) is 179 cm³/mol. The summed E-state index contributed by atoms with van der Waals surface area (Å²) in [5.41, 5.74) is 0.301. The van der Waals surface area contributed by atoms with Gasteiger partial charge in [-0.05, 0) is 74.9 Å². The Bertz CT molecular complexity index is 1350. The number of cyclic esters (lactones) is 1. The quantitative estimate of drug-likeness (QED) is 0.203. The molecular formula is C35H55NO6SSi. The third-order valence-corrected chi connectivity index (χ3v) is 16.2. The maximum Gasteiger partial charge on any atom is 0.309 e. The fraction of sp³-hybridized carbons (Fsp3) is 0.743. The van der Waals surface area contributed by atoms with E-state index in [0.29, 0.717) is 12.8 Å². The van der Waals surface area contributed by atoms with Crippen molar-refractivity contribution in [3.8, 4) is 0 Å². The van der Waals surface area contributed by atoms with Crippen LogP contribution >= 0.6 is 11.3 Å². The summed E-state index contributed by atoms with van der Waals surface area (Å²) in [7, 11) is -2.21. The minimum atomic E-state index is -2.21. The van der Waals surface area contributed by atoms with Crippen LogP contribution in [0.2, 0.25) is 18.1 Å². The third kappa shape index (κ3) is 7.49. The number of ether oxygens (including phenoxy) is 2. The first-order chi connectivity index (χ1) is 20.3. The van der Waals surface area contributed by atoms with Gasteiger partial charge in [-0.2, -0.15) is 0 Å². The lowest BCUT2D eigenvalue weighted by Gasteiger charge is -2.44. The number of epoxide rings is 1. The van der Waals surface area contributed by atoms with E-state index in [2.05, 4.69) is 52.7 Å². The highest BCUT2D eigenvalue weighted by atomic mass is 32.1. The Kier molecular flexibility index (Phi) is 10.3. The number of aliphatic hydroxyl groups is 1. The number of hydrogen-bond donors (Lipinski definition) is 1. The van der Waals surface area contributed by atoms with Gasteiger partial charge in [0, 0.05) is 12.3 Å². The number of esters is 1. The molecule has 2 aromatic rings. The molecule has 1 N–H and O–H groups in total. The second kappa shape index (κ2) is 12.9. The molecular weight excluding hydrogens is 591 g/mol. The molecule has 4 rings (SSSR count). The predicted octanol–water partition coefficient (Wildman–Crippen LogP) is 8.32. The number of hydrogen-bond acceptors (Lipinski definition) is 8. The van der Waals surface area contributed by atoms with E-state index in [4.69, 9.17) is 13.9 Å². The summed E-state index contributed by atoms with van der Waals surface area (Å²) in [6, 6.07) is 6.02. The highest BCUT2D eigenvalue weighted by molar-refractivity contribution is 7.18. The number of carbonyl (C=O) groups is 2. The molecule has 0 amide bonds. The molecule has 0 saturated carbocycles. The minimum absolute atomic E-state index is 0.00988. The van der Waals surface area contributed by atoms with Crippen molar-refractivity contribution >= 4 is 41.6 Å². The molecule has 0 aliphatic carbocycles. The van der Waals surface area contributed by atoms with Crippen molar-refractivity contribution in [2.45, 2.75) is 149 Å². The van der Waals surface area contributed by atoms with Crippen LogP contribution in [-0.4, -0.2) is 54.1 Å². The lowest BCUT2D eigenvalue weighted by molar-refractivity contribution is -0.156. The van der Waals surface area contributed by atoms with Crippen LogP contribution in [0, 0.1) is 24.2 Å². The van der Waals surface area contributed by atoms with Gasteiger partial charge in [0.1, 0.15) is 11.9 Å². The highest BCUT2D eigenvalue weighted by Crippen LogP contribution is 2.48. The van der Waals surface area contributed by atoms with Crippen LogP contribution in [0.25, 0.3) is 10.2 Å². The van der Waals surface area contributed by atoms with Gasteiger partial charge in [0.25, 0.3) is 0 Å². The summed E-state index contributed by atoms with van der Waals surface area (Å²) in [5, 5.41) is 12.4. The topological polar surface area (TPSA) is 98.2 Å². The molecule has 0 bridgehead atoms. The zero-order chi connectivity index (χ0) is 32.8. The second-order valence-electron chi connectivity index (χ2n) is 15.6. The first-order valence-corrected chi connectivity index (χ1v) is 20.2. The smallest absolute Gasteiger partial charge is 0.309 e. The summed E-state index contributed by atoms with van der Waals surface area (Å²) >= 11 is 1.63. The van der Waals surface area contributed by atoms with Crippen LogP contribution in [0.5, 0.6) is 0 Å². The molecule has 2 aliphatic heterocycles. The summed E-state index contributed by atoms with van der Waals surface area (Å²) in [4.78, 5) is 32.4. The van der Waals surface area contributed by atoms with Crippen molar-refractivity contribution in [2.75, 3.05) is 0 Å². The lowest BCUT2D eigenvalue weighted by atomic mass is 9.71. The van der Waals surface area contributed by atoms with Crippen molar-refractivity contribution < 1.29 is 28.6 Å². The maximum absolute atomic E-state index is 14.3. The molecule has 2 unspecified atom stereocenters. The van der Waals surface area contributed by atoms with E-state index in [1.807, 2.05) is 32.0 Å². The van der Waals surface area contributed by atoms with Gasteiger partial charge in [0.15, 0.2) is 8.32 Å². The molecule has 1 aromatic carbocycles. The van der Waals surface area contributed by atoms with Crippen LogP contribution in [0.3, 0.4) is 0 Å². The van der Waals surface area contributed by atoms with E-state index in [-0.39, 0.29) is 41.0 Å². The molecule has 0 spiro atoms. The van der Waals surface area contributed by atoms with Gasteiger partial charge < -0.3 is 19.0 Å². The number of benzene rings is 1. The number of aryl methyl sites for hydroxylation is 1. The number of Topliss-reactive ketones (excluding diaryl/α,β-unsaturated/α-hetero) is 1. The van der Waals surface area contributed by atoms with Crippen LogP contribution in [0.4, 0.5) is 0 Å². The van der Waals surface area contributed by atoms with E-state index in [1.54, 1.807) is 25.2 Å². The molecule has 7 nitrogen and oxygen atoms in total. The molecule has 44 heavy (non-hydrogen) atoms. The summed E-state index contributed by atoms with van der Waals surface area (Å²) in [6.45, 7) is 23.0. The van der Waals surface area contributed by atoms with Gasteiger partial charge in [-0.1, -0.05) is 61.0 Å². The molecule has 246 valence electrons. The molecule has 0 radical (unpaired) electrons. The fourth-order valence-corrected chi connectivity index (χ4v) is 8.63. The largest absolute Gasteiger partial charge is 0.457 e. The number of aromatic nitrogens is 1. The van der Waals surface area contributed by atoms with E-state index in [0.717, 1.165) is 40.1 Å². The number of rotatable bonds is 4. The average Bonchev–Trinajstić information content (AvgIpc) is 3.38. The summed E-state index contributed by atoms with van der Waals surface area (Å²) < 4.78 is 20.5. The van der Waals surface area contributed by atoms with E-state index in [1.165, 1.54) is 0 Å². The van der Waals surface area contributed by atoms with Gasteiger partial charge >= 0.3 is 5.97 Å². The number of fused-ring (bicyclic) bond motifs is 2. The number of thiazole rings is 1. The Morgan fingerprint density at radius 3 is 2.50 bits per heavy atom. The normalized spacial score (nSPS) is 32.7. The fourth-order valence-electron chi connectivity index (χ4n) is 6.39.